The quantitative estimate of drug-likeness (QED) is 0.776. The molecule has 0 aromatic carbocycles. The van der Waals surface area contributed by atoms with E-state index in [0.717, 1.165) is 48.8 Å². The van der Waals surface area contributed by atoms with Crippen molar-refractivity contribution in [1.82, 2.24) is 24.7 Å². The molecule has 0 spiro atoms. The zero-order valence-corrected chi connectivity index (χ0v) is 14.8. The lowest BCUT2D eigenvalue weighted by Crippen LogP contribution is -2.48. The summed E-state index contributed by atoms with van der Waals surface area (Å²) in [5.74, 6) is 0.748. The Morgan fingerprint density at radius 1 is 1.27 bits per heavy atom. The highest BCUT2D eigenvalue weighted by Crippen LogP contribution is 2.16. The number of anilines is 1. The van der Waals surface area contributed by atoms with Gasteiger partial charge in [0.05, 0.1) is 12.1 Å². The lowest BCUT2D eigenvalue weighted by atomic mass is 10.1. The molecule has 1 aliphatic rings. The van der Waals surface area contributed by atoms with E-state index < -0.39 is 0 Å². The molecule has 4 heterocycles. The molecule has 7 heteroatoms. The molecule has 3 aromatic heterocycles. The van der Waals surface area contributed by atoms with E-state index in [1.165, 1.54) is 0 Å². The van der Waals surface area contributed by atoms with Crippen LogP contribution in [0.2, 0.25) is 0 Å². The lowest BCUT2D eigenvalue weighted by molar-refractivity contribution is -0.121. The first-order valence-corrected chi connectivity index (χ1v) is 8.93. The van der Waals surface area contributed by atoms with E-state index in [2.05, 4.69) is 25.2 Å². The SMILES string of the molecule is Cc1cccn2c(CC(=O)N[C@H]3CCCN(c4ncccn4)C3)cnc12. The van der Waals surface area contributed by atoms with Gasteiger partial charge in [0.15, 0.2) is 0 Å². The molecule has 1 aliphatic heterocycles. The molecule has 0 bridgehead atoms. The second-order valence-corrected chi connectivity index (χ2v) is 6.71. The molecule has 0 unspecified atom stereocenters. The van der Waals surface area contributed by atoms with Crippen LogP contribution in [-0.2, 0) is 11.2 Å². The Morgan fingerprint density at radius 2 is 2.12 bits per heavy atom. The standard InChI is InChI=1S/C19H22N6O/c1-14-5-2-10-25-16(12-22-18(14)25)11-17(26)23-15-6-3-9-24(13-15)19-20-7-4-8-21-19/h2,4-5,7-8,10,12,15H,3,6,9,11,13H2,1H3,(H,23,26)/t15-/m0/s1. The summed E-state index contributed by atoms with van der Waals surface area (Å²) in [7, 11) is 0. The number of hydrogen-bond acceptors (Lipinski definition) is 5. The number of carbonyl (C=O) groups is 1. The van der Waals surface area contributed by atoms with E-state index in [0.29, 0.717) is 6.42 Å². The Kier molecular flexibility index (Phi) is 4.51. The highest BCUT2D eigenvalue weighted by atomic mass is 16.1. The Hall–Kier alpha value is -2.96. The van der Waals surface area contributed by atoms with E-state index >= 15 is 0 Å². The minimum Gasteiger partial charge on any atom is -0.351 e. The number of piperidine rings is 1. The number of carbonyl (C=O) groups excluding carboxylic acids is 1. The van der Waals surface area contributed by atoms with E-state index in [-0.39, 0.29) is 11.9 Å². The van der Waals surface area contributed by atoms with Gasteiger partial charge < -0.3 is 14.6 Å². The summed E-state index contributed by atoms with van der Waals surface area (Å²) in [6, 6.07) is 5.92. The fourth-order valence-electron chi connectivity index (χ4n) is 3.51. The molecule has 1 N–H and O–H groups in total. The fourth-order valence-corrected chi connectivity index (χ4v) is 3.51. The third-order valence-electron chi connectivity index (χ3n) is 4.77. The maximum atomic E-state index is 12.5. The van der Waals surface area contributed by atoms with Crippen molar-refractivity contribution in [2.24, 2.45) is 0 Å². The topological polar surface area (TPSA) is 75.4 Å². The molecule has 0 saturated carbocycles. The van der Waals surface area contributed by atoms with Crippen LogP contribution in [0.25, 0.3) is 5.65 Å². The van der Waals surface area contributed by atoms with Gasteiger partial charge in [0.2, 0.25) is 11.9 Å². The van der Waals surface area contributed by atoms with Crippen LogP contribution in [-0.4, -0.2) is 44.4 Å². The Labute approximate surface area is 152 Å². The van der Waals surface area contributed by atoms with Crippen molar-refractivity contribution in [3.8, 4) is 0 Å². The number of aryl methyl sites for hydroxylation is 1. The van der Waals surface area contributed by atoms with Crippen molar-refractivity contribution < 1.29 is 4.79 Å². The zero-order chi connectivity index (χ0) is 17.9. The van der Waals surface area contributed by atoms with Crippen LogP contribution in [0, 0.1) is 6.92 Å². The maximum Gasteiger partial charge on any atom is 0.226 e. The molecule has 4 rings (SSSR count). The van der Waals surface area contributed by atoms with Crippen molar-refractivity contribution in [2.75, 3.05) is 18.0 Å². The van der Waals surface area contributed by atoms with Gasteiger partial charge in [0.25, 0.3) is 0 Å². The molecule has 1 saturated heterocycles. The molecule has 3 aromatic rings. The third kappa shape index (κ3) is 3.37. The smallest absolute Gasteiger partial charge is 0.226 e. The Balaban J connectivity index is 1.40. The van der Waals surface area contributed by atoms with Gasteiger partial charge in [-0.2, -0.15) is 0 Å². The van der Waals surface area contributed by atoms with Gasteiger partial charge in [-0.1, -0.05) is 6.07 Å². The maximum absolute atomic E-state index is 12.5. The van der Waals surface area contributed by atoms with Gasteiger partial charge in [0.1, 0.15) is 5.65 Å². The number of aromatic nitrogens is 4. The predicted octanol–water partition coefficient (Wildman–Crippen LogP) is 1.76. The average Bonchev–Trinajstić information content (AvgIpc) is 3.07. The normalized spacial score (nSPS) is 17.4. The summed E-state index contributed by atoms with van der Waals surface area (Å²) in [5.41, 5.74) is 2.91. The molecule has 0 radical (unpaired) electrons. The monoisotopic (exact) mass is 350 g/mol. The molecule has 134 valence electrons. The summed E-state index contributed by atoms with van der Waals surface area (Å²) < 4.78 is 1.99. The van der Waals surface area contributed by atoms with Crippen molar-refractivity contribution in [2.45, 2.75) is 32.2 Å². The van der Waals surface area contributed by atoms with Gasteiger partial charge in [-0.3, -0.25) is 4.79 Å². The first-order chi connectivity index (χ1) is 12.7. The second kappa shape index (κ2) is 7.11. The van der Waals surface area contributed by atoms with Gasteiger partial charge in [0, 0.05) is 43.9 Å². The van der Waals surface area contributed by atoms with Crippen molar-refractivity contribution in [3.05, 3.63) is 54.2 Å². The Bertz CT molecular complexity index is 907. The van der Waals surface area contributed by atoms with Crippen LogP contribution < -0.4 is 10.2 Å². The molecule has 7 nitrogen and oxygen atoms in total. The van der Waals surface area contributed by atoms with Crippen LogP contribution in [0.5, 0.6) is 0 Å². The number of nitrogens with one attached hydrogen (secondary N) is 1. The molecule has 26 heavy (non-hydrogen) atoms. The van der Waals surface area contributed by atoms with Gasteiger partial charge in [-0.25, -0.2) is 15.0 Å². The summed E-state index contributed by atoms with van der Waals surface area (Å²) in [6.45, 7) is 3.68. The van der Waals surface area contributed by atoms with Crippen molar-refractivity contribution >= 4 is 17.5 Å². The molecule has 0 aliphatic carbocycles. The number of amides is 1. The lowest BCUT2D eigenvalue weighted by Gasteiger charge is -2.33. The molecular weight excluding hydrogens is 328 g/mol. The summed E-state index contributed by atoms with van der Waals surface area (Å²) in [6.07, 6.45) is 9.54. The second-order valence-electron chi connectivity index (χ2n) is 6.71. The van der Waals surface area contributed by atoms with E-state index in [4.69, 9.17) is 0 Å². The third-order valence-corrected chi connectivity index (χ3v) is 4.77. The van der Waals surface area contributed by atoms with E-state index in [1.807, 2.05) is 35.7 Å². The predicted molar refractivity (Wildman–Crippen MR) is 99.0 cm³/mol. The highest BCUT2D eigenvalue weighted by molar-refractivity contribution is 5.78. The molecule has 1 fully saturated rings. The molecule has 1 amide bonds. The van der Waals surface area contributed by atoms with Gasteiger partial charge >= 0.3 is 0 Å². The summed E-state index contributed by atoms with van der Waals surface area (Å²) in [4.78, 5) is 27.7. The molecule has 1 atom stereocenters. The fraction of sp³-hybridized carbons (Fsp3) is 0.368. The van der Waals surface area contributed by atoms with Gasteiger partial charge in [-0.15, -0.1) is 0 Å². The van der Waals surface area contributed by atoms with Crippen molar-refractivity contribution in [3.63, 3.8) is 0 Å². The average molecular weight is 350 g/mol. The first-order valence-electron chi connectivity index (χ1n) is 8.93. The van der Waals surface area contributed by atoms with Crippen LogP contribution in [0.15, 0.2) is 43.0 Å². The number of hydrogen-bond donors (Lipinski definition) is 1. The number of nitrogens with zero attached hydrogens (tertiary/aromatic N) is 5. The van der Waals surface area contributed by atoms with Crippen LogP contribution in [0.4, 0.5) is 5.95 Å². The summed E-state index contributed by atoms with van der Waals surface area (Å²) in [5, 5.41) is 3.16. The van der Waals surface area contributed by atoms with E-state index in [9.17, 15) is 4.79 Å². The largest absolute Gasteiger partial charge is 0.351 e. The Morgan fingerprint density at radius 3 is 2.96 bits per heavy atom. The van der Waals surface area contributed by atoms with Crippen LogP contribution >= 0.6 is 0 Å². The first kappa shape index (κ1) is 16.5. The van der Waals surface area contributed by atoms with Crippen LogP contribution in [0.3, 0.4) is 0 Å². The van der Waals surface area contributed by atoms with Crippen LogP contribution in [0.1, 0.15) is 24.1 Å². The zero-order valence-electron chi connectivity index (χ0n) is 14.8. The van der Waals surface area contributed by atoms with Crippen molar-refractivity contribution in [1.29, 1.82) is 0 Å². The minimum atomic E-state index is 0.0223. The van der Waals surface area contributed by atoms with Gasteiger partial charge in [-0.05, 0) is 37.5 Å². The number of fused-ring (bicyclic) bond motifs is 1. The number of rotatable bonds is 4. The van der Waals surface area contributed by atoms with E-state index in [1.54, 1.807) is 18.6 Å². The molecular formula is C19H22N6O. The minimum absolute atomic E-state index is 0.0223. The summed E-state index contributed by atoms with van der Waals surface area (Å²) >= 11 is 0. The number of imidazole rings is 1. The highest BCUT2D eigenvalue weighted by Gasteiger charge is 2.23. The number of pyridine rings is 1.